The third-order valence-corrected chi connectivity index (χ3v) is 3.78. The lowest BCUT2D eigenvalue weighted by Gasteiger charge is -2.11. The smallest absolute Gasteiger partial charge is 0.308 e. The van der Waals surface area contributed by atoms with E-state index in [0.717, 1.165) is 36.4 Å². The van der Waals surface area contributed by atoms with Crippen LogP contribution in [0, 0.1) is 11.6 Å². The molecule has 13 heteroatoms. The van der Waals surface area contributed by atoms with Crippen molar-refractivity contribution in [1.82, 2.24) is 9.78 Å². The summed E-state index contributed by atoms with van der Waals surface area (Å²) >= 11 is 0. The lowest BCUT2D eigenvalue weighted by Crippen LogP contribution is -2.19. The van der Waals surface area contributed by atoms with Gasteiger partial charge in [-0.2, -0.15) is 31.4 Å². The number of hydrogen-bond donors (Lipinski definition) is 2. The summed E-state index contributed by atoms with van der Waals surface area (Å²) in [6.07, 6.45) is -10.2. The number of halogens is 8. The summed E-state index contributed by atoms with van der Waals surface area (Å²) in [6, 6.07) is 5.47. The number of amides is 2. The predicted molar refractivity (Wildman–Crippen MR) is 92.6 cm³/mol. The van der Waals surface area contributed by atoms with Crippen LogP contribution in [0.15, 0.2) is 48.5 Å². The Kier molecular flexibility index (Phi) is 5.61. The van der Waals surface area contributed by atoms with Crippen molar-refractivity contribution in [3.8, 4) is 5.69 Å². The molecule has 3 rings (SSSR count). The van der Waals surface area contributed by atoms with Crippen LogP contribution < -0.4 is 10.6 Å². The molecule has 1 aromatic heterocycles. The summed E-state index contributed by atoms with van der Waals surface area (Å²) in [4.78, 5) is 11.9. The number of anilines is 2. The van der Waals surface area contributed by atoms with Gasteiger partial charge < -0.3 is 10.6 Å². The van der Waals surface area contributed by atoms with Gasteiger partial charge >= 0.3 is 18.4 Å². The second-order valence-electron chi connectivity index (χ2n) is 6.11. The fourth-order valence-corrected chi connectivity index (χ4v) is 2.52. The minimum absolute atomic E-state index is 0.0369. The average molecular weight is 450 g/mol. The SMILES string of the molecule is O=C(Nc1ccc(-n2nc(C(F)(F)F)cc2C(F)(F)F)cc1)Nc1cc(F)cc(F)c1. The first-order valence-corrected chi connectivity index (χ1v) is 8.22. The molecule has 2 amide bonds. The molecule has 0 bridgehead atoms. The maximum atomic E-state index is 13.1. The second-order valence-corrected chi connectivity index (χ2v) is 6.11. The van der Waals surface area contributed by atoms with Crippen molar-refractivity contribution in [3.05, 3.63) is 71.6 Å². The molecule has 0 aliphatic heterocycles. The summed E-state index contributed by atoms with van der Waals surface area (Å²) in [6.45, 7) is 0. The highest BCUT2D eigenvalue weighted by molar-refractivity contribution is 5.99. The van der Waals surface area contributed by atoms with Crippen molar-refractivity contribution in [3.63, 3.8) is 0 Å². The van der Waals surface area contributed by atoms with Crippen molar-refractivity contribution in [2.24, 2.45) is 0 Å². The van der Waals surface area contributed by atoms with Crippen molar-refractivity contribution in [2.75, 3.05) is 10.6 Å². The Morgan fingerprint density at radius 1 is 0.774 bits per heavy atom. The number of benzene rings is 2. The zero-order chi connectivity index (χ0) is 23.0. The maximum absolute atomic E-state index is 13.1. The lowest BCUT2D eigenvalue weighted by molar-refractivity contribution is -0.143. The molecule has 0 unspecified atom stereocenters. The highest BCUT2D eigenvalue weighted by Crippen LogP contribution is 2.36. The Bertz CT molecular complexity index is 1080. The van der Waals surface area contributed by atoms with Crippen LogP contribution >= 0.6 is 0 Å². The largest absolute Gasteiger partial charge is 0.435 e. The van der Waals surface area contributed by atoms with Crippen LogP contribution in [0.25, 0.3) is 5.69 Å². The zero-order valence-corrected chi connectivity index (χ0v) is 14.9. The Balaban J connectivity index is 1.80. The number of rotatable bonds is 3. The fraction of sp³-hybridized carbons (Fsp3) is 0.111. The molecule has 0 atom stereocenters. The number of urea groups is 1. The molecule has 5 nitrogen and oxygen atoms in total. The molecule has 31 heavy (non-hydrogen) atoms. The van der Waals surface area contributed by atoms with E-state index in [0.29, 0.717) is 6.07 Å². The Morgan fingerprint density at radius 2 is 1.32 bits per heavy atom. The standard InChI is InChI=1S/C18H10F8N4O/c19-9-5-10(20)7-12(6-9)28-16(31)27-11-1-3-13(4-2-11)30-15(18(24,25)26)8-14(29-30)17(21,22)23/h1-8H,(H2,27,28,31). The van der Waals surface area contributed by atoms with E-state index in [2.05, 4.69) is 15.7 Å². The van der Waals surface area contributed by atoms with Gasteiger partial charge in [0.1, 0.15) is 17.3 Å². The summed E-state index contributed by atoms with van der Waals surface area (Å²) in [5.41, 5.74) is -3.86. The van der Waals surface area contributed by atoms with Crippen LogP contribution in [0.2, 0.25) is 0 Å². The minimum Gasteiger partial charge on any atom is -0.308 e. The number of carbonyl (C=O) groups is 1. The Hall–Kier alpha value is -3.64. The van der Waals surface area contributed by atoms with Gasteiger partial charge in [0.25, 0.3) is 0 Å². The quantitative estimate of drug-likeness (QED) is 0.494. The molecular weight excluding hydrogens is 440 g/mol. The summed E-state index contributed by atoms with van der Waals surface area (Å²) < 4.78 is 104. The minimum atomic E-state index is -5.10. The highest BCUT2D eigenvalue weighted by Gasteiger charge is 2.42. The predicted octanol–water partition coefficient (Wildman–Crippen LogP) is 5.83. The first-order valence-electron chi connectivity index (χ1n) is 8.22. The first kappa shape index (κ1) is 22.1. The van der Waals surface area contributed by atoms with E-state index in [-0.39, 0.29) is 27.8 Å². The van der Waals surface area contributed by atoms with Crippen LogP contribution in [0.1, 0.15) is 11.4 Å². The molecule has 0 saturated heterocycles. The maximum Gasteiger partial charge on any atom is 0.435 e. The molecule has 3 aromatic rings. The van der Waals surface area contributed by atoms with E-state index in [4.69, 9.17) is 0 Å². The molecule has 0 aliphatic carbocycles. The second kappa shape index (κ2) is 7.89. The van der Waals surface area contributed by atoms with Crippen LogP contribution in [0.3, 0.4) is 0 Å². The molecule has 2 aromatic carbocycles. The third-order valence-electron chi connectivity index (χ3n) is 3.78. The van der Waals surface area contributed by atoms with Gasteiger partial charge in [-0.15, -0.1) is 0 Å². The molecule has 0 aliphatic rings. The van der Waals surface area contributed by atoms with E-state index < -0.39 is 41.4 Å². The third kappa shape index (κ3) is 5.29. The highest BCUT2D eigenvalue weighted by atomic mass is 19.4. The average Bonchev–Trinajstić information content (AvgIpc) is 3.07. The van der Waals surface area contributed by atoms with Crippen LogP contribution in [0.4, 0.5) is 51.3 Å². The molecule has 1 heterocycles. The molecule has 0 fully saturated rings. The van der Waals surface area contributed by atoms with Gasteiger partial charge in [0.2, 0.25) is 0 Å². The van der Waals surface area contributed by atoms with Crippen molar-refractivity contribution in [1.29, 1.82) is 0 Å². The van der Waals surface area contributed by atoms with Gasteiger partial charge in [0.15, 0.2) is 5.69 Å². The van der Waals surface area contributed by atoms with Crippen molar-refractivity contribution >= 4 is 17.4 Å². The van der Waals surface area contributed by atoms with Gasteiger partial charge in [-0.25, -0.2) is 18.3 Å². The Labute approximate surface area is 168 Å². The molecule has 2 N–H and O–H groups in total. The molecule has 0 radical (unpaired) electrons. The van der Waals surface area contributed by atoms with Gasteiger partial charge in [-0.3, -0.25) is 0 Å². The molecule has 0 saturated carbocycles. The molecular formula is C18H10F8N4O. The normalized spacial score (nSPS) is 12.0. The summed E-state index contributed by atoms with van der Waals surface area (Å²) in [5.74, 6) is -1.87. The van der Waals surface area contributed by atoms with Gasteiger partial charge in [0, 0.05) is 23.5 Å². The van der Waals surface area contributed by atoms with E-state index in [1.54, 1.807) is 0 Å². The zero-order valence-electron chi connectivity index (χ0n) is 14.9. The van der Waals surface area contributed by atoms with Crippen molar-refractivity contribution in [2.45, 2.75) is 12.4 Å². The Morgan fingerprint density at radius 3 is 1.84 bits per heavy atom. The summed E-state index contributed by atoms with van der Waals surface area (Å²) in [7, 11) is 0. The van der Waals surface area contributed by atoms with Gasteiger partial charge in [-0.05, 0) is 36.4 Å². The first-order chi connectivity index (χ1) is 14.3. The number of nitrogens with one attached hydrogen (secondary N) is 2. The van der Waals surface area contributed by atoms with E-state index >= 15 is 0 Å². The van der Waals surface area contributed by atoms with E-state index in [9.17, 15) is 39.9 Å². The fourth-order valence-electron chi connectivity index (χ4n) is 2.52. The number of nitrogens with zero attached hydrogens (tertiary/aromatic N) is 2. The monoisotopic (exact) mass is 450 g/mol. The number of hydrogen-bond acceptors (Lipinski definition) is 2. The molecule has 0 spiro atoms. The van der Waals surface area contributed by atoms with E-state index in [1.807, 2.05) is 0 Å². The lowest BCUT2D eigenvalue weighted by atomic mass is 10.2. The summed E-state index contributed by atoms with van der Waals surface area (Å²) in [5, 5.41) is 7.38. The number of carbonyl (C=O) groups excluding carboxylic acids is 1. The number of aromatic nitrogens is 2. The van der Waals surface area contributed by atoms with E-state index in [1.165, 1.54) is 0 Å². The van der Waals surface area contributed by atoms with Crippen LogP contribution in [0.5, 0.6) is 0 Å². The molecule has 164 valence electrons. The van der Waals surface area contributed by atoms with Crippen LogP contribution in [-0.2, 0) is 12.4 Å². The number of alkyl halides is 6. The van der Waals surface area contributed by atoms with Crippen molar-refractivity contribution < 1.29 is 39.9 Å². The van der Waals surface area contributed by atoms with Crippen LogP contribution in [-0.4, -0.2) is 15.8 Å². The van der Waals surface area contributed by atoms with Gasteiger partial charge in [0.05, 0.1) is 5.69 Å². The topological polar surface area (TPSA) is 59.0 Å². The van der Waals surface area contributed by atoms with Gasteiger partial charge in [-0.1, -0.05) is 0 Å².